The third kappa shape index (κ3) is 8.10. The Labute approximate surface area is 621 Å². The minimum absolute atomic E-state index is 0.124. The third-order valence-electron chi connectivity index (χ3n) is 24.7. The maximum absolute atomic E-state index is 6.85. The van der Waals surface area contributed by atoms with Crippen molar-refractivity contribution in [1.82, 2.24) is 18.3 Å². The van der Waals surface area contributed by atoms with Crippen LogP contribution in [0.3, 0.4) is 0 Å². The Morgan fingerprint density at radius 2 is 0.528 bits per heavy atom. The first-order chi connectivity index (χ1) is 53.1. The van der Waals surface area contributed by atoms with E-state index < -0.39 is 0 Å². The van der Waals surface area contributed by atoms with Crippen LogP contribution in [-0.2, 0) is 10.8 Å². The summed E-state index contributed by atoms with van der Waals surface area (Å²) in [5.74, 6) is 0. The molecule has 506 valence electrons. The monoisotopic (exact) mass is 1380 g/mol. The number of rotatable bonds is 7. The zero-order valence-corrected chi connectivity index (χ0v) is 59.8. The quantitative estimate of drug-likeness (QED) is 0.160. The van der Waals surface area contributed by atoms with Crippen LogP contribution in [-0.4, -0.2) is 18.3 Å². The normalized spacial score (nSPS) is 13.7. The summed E-state index contributed by atoms with van der Waals surface area (Å²) in [4.78, 5) is 0. The van der Waals surface area contributed by atoms with Gasteiger partial charge in [0.25, 0.3) is 0 Å². The fourth-order valence-electron chi connectivity index (χ4n) is 19.7. The summed E-state index contributed by atoms with van der Waals surface area (Å²) in [7, 11) is 0. The van der Waals surface area contributed by atoms with Crippen LogP contribution in [0.15, 0.2) is 336 Å². The molecule has 2 aliphatic rings. The SMILES string of the molecule is CC1(C)c2ccccc2-c2cc3c4cc(-c5ccc6oc7cccc(-n8c9ccccc9c9cc(-c%10ccc%11c(c%10)c%10cc(-c%12ccc%13oc%14cccc(-n%15c%16ccccc%16c%16cc%17c(cc%16%15)C(C)(C)c%15ccccc%15-%17)c%14c%13c%12)ccc%10n%11-c%10ccccc%10)ccc98)c7c6c5)ccc4n(-c4ccccc4)c3cc21. The van der Waals surface area contributed by atoms with Crippen LogP contribution in [0.1, 0.15) is 49.9 Å². The number of benzene rings is 16. The Kier molecular flexibility index (Phi) is 11.9. The second kappa shape index (κ2) is 21.5. The van der Waals surface area contributed by atoms with E-state index in [0.717, 1.165) is 122 Å². The molecule has 24 rings (SSSR count). The average Bonchev–Trinajstić information content (AvgIpc) is 1.55. The summed E-state index contributed by atoms with van der Waals surface area (Å²) in [5, 5.41) is 14.1. The molecule has 16 aromatic carbocycles. The van der Waals surface area contributed by atoms with E-state index in [9.17, 15) is 0 Å². The van der Waals surface area contributed by atoms with Crippen LogP contribution in [0.25, 0.3) is 209 Å². The minimum Gasteiger partial charge on any atom is -0.456 e. The Morgan fingerprint density at radius 1 is 0.204 bits per heavy atom. The highest BCUT2D eigenvalue weighted by Gasteiger charge is 2.38. The van der Waals surface area contributed by atoms with Crippen LogP contribution in [0.4, 0.5) is 0 Å². The van der Waals surface area contributed by atoms with Crippen LogP contribution in [0, 0.1) is 0 Å². The molecule has 0 amide bonds. The molecule has 0 unspecified atom stereocenters. The van der Waals surface area contributed by atoms with Gasteiger partial charge in [0.1, 0.15) is 22.3 Å². The molecule has 0 saturated heterocycles. The minimum atomic E-state index is -0.149. The van der Waals surface area contributed by atoms with Crippen molar-refractivity contribution in [3.8, 4) is 78.4 Å². The molecule has 6 aromatic heterocycles. The predicted molar refractivity (Wildman–Crippen MR) is 450 cm³/mol. The highest BCUT2D eigenvalue weighted by atomic mass is 16.3. The molecule has 0 aliphatic heterocycles. The molecule has 6 heterocycles. The molecule has 0 radical (unpaired) electrons. The lowest BCUT2D eigenvalue weighted by molar-refractivity contribution is 0.661. The Bertz CT molecular complexity index is 7730. The van der Waals surface area contributed by atoms with Gasteiger partial charge in [-0.2, -0.15) is 0 Å². The number of fused-ring (bicyclic) bond motifs is 24. The molecule has 22 aromatic rings. The van der Waals surface area contributed by atoms with Gasteiger partial charge in [-0.1, -0.05) is 198 Å². The zero-order chi connectivity index (χ0) is 71.2. The van der Waals surface area contributed by atoms with E-state index in [0.29, 0.717) is 0 Å². The van der Waals surface area contributed by atoms with Gasteiger partial charge in [-0.05, 0) is 236 Å². The van der Waals surface area contributed by atoms with Gasteiger partial charge in [0.15, 0.2) is 0 Å². The molecular formula is C102H66N4O2. The number of para-hydroxylation sites is 4. The Hall–Kier alpha value is -13.7. The van der Waals surface area contributed by atoms with Crippen molar-refractivity contribution in [2.75, 3.05) is 0 Å². The third-order valence-corrected chi connectivity index (χ3v) is 24.7. The molecule has 0 saturated carbocycles. The van der Waals surface area contributed by atoms with Gasteiger partial charge in [0, 0.05) is 76.1 Å². The van der Waals surface area contributed by atoms with Gasteiger partial charge in [-0.25, -0.2) is 0 Å². The molecule has 2 aliphatic carbocycles. The highest BCUT2D eigenvalue weighted by molar-refractivity contribution is 6.20. The van der Waals surface area contributed by atoms with Gasteiger partial charge in [0.05, 0.1) is 66.3 Å². The molecule has 6 heteroatoms. The molecule has 0 atom stereocenters. The Balaban J connectivity index is 0.630. The van der Waals surface area contributed by atoms with E-state index in [1.54, 1.807) is 0 Å². The molecule has 0 spiro atoms. The second-order valence-corrected chi connectivity index (χ2v) is 31.1. The van der Waals surface area contributed by atoms with Crippen molar-refractivity contribution in [2.45, 2.75) is 38.5 Å². The van der Waals surface area contributed by atoms with Crippen LogP contribution >= 0.6 is 0 Å². The van der Waals surface area contributed by atoms with Crippen molar-refractivity contribution in [1.29, 1.82) is 0 Å². The summed E-state index contributed by atoms with van der Waals surface area (Å²) >= 11 is 0. The molecule has 0 N–H and O–H groups in total. The maximum Gasteiger partial charge on any atom is 0.137 e. The van der Waals surface area contributed by atoms with Crippen molar-refractivity contribution in [3.63, 3.8) is 0 Å². The molecule has 0 fully saturated rings. The first kappa shape index (κ1) is 59.7. The predicted octanol–water partition coefficient (Wildman–Crippen LogP) is 27.5. The topological polar surface area (TPSA) is 46.0 Å². The molecule has 108 heavy (non-hydrogen) atoms. The largest absolute Gasteiger partial charge is 0.456 e. The second-order valence-electron chi connectivity index (χ2n) is 31.1. The smallest absolute Gasteiger partial charge is 0.137 e. The highest BCUT2D eigenvalue weighted by Crippen LogP contribution is 2.54. The van der Waals surface area contributed by atoms with Gasteiger partial charge in [-0.3, -0.25) is 0 Å². The van der Waals surface area contributed by atoms with Crippen LogP contribution < -0.4 is 0 Å². The zero-order valence-electron chi connectivity index (χ0n) is 59.8. The van der Waals surface area contributed by atoms with Crippen molar-refractivity contribution < 1.29 is 8.83 Å². The maximum atomic E-state index is 6.85. The average molecular weight is 1380 g/mol. The lowest BCUT2D eigenvalue weighted by Gasteiger charge is -2.21. The first-order valence-corrected chi connectivity index (χ1v) is 37.6. The summed E-state index contributed by atoms with van der Waals surface area (Å²) in [6.45, 7) is 9.48. The van der Waals surface area contributed by atoms with Crippen LogP contribution in [0.2, 0.25) is 0 Å². The van der Waals surface area contributed by atoms with Crippen molar-refractivity contribution in [2.24, 2.45) is 0 Å². The molecule has 6 nitrogen and oxygen atoms in total. The van der Waals surface area contributed by atoms with E-state index in [1.807, 2.05) is 0 Å². The Morgan fingerprint density at radius 3 is 0.981 bits per heavy atom. The molecule has 0 bridgehead atoms. The standard InChI is InChI=1S/C102H66N4O2/c1-101(2)82-30-16-12-26-68(82)72-56-78-76-52-62(39-45-89(76)104(93(78)57-83(72)101)66-23-9-6-10-24-66)64-42-47-95-79(53-64)99-91(33-19-35-97(99)107-95)105-85-31-17-13-27-69(85)73-49-59(40-46-90(73)105)60-37-43-87-74(50-60)75-51-61(38-44-88(75)103(87)65-21-7-5-8-22-65)63-41-48-96-80(54-63)100-92(34-20-36-98(100)108-96)106-86-32-18-14-28-70(86)77-55-71-67-25-11-15-29-81(67)102(3,4)84(71)58-94(77)106/h5-58H,1-4H3. The molecular weight excluding hydrogens is 1310 g/mol. The van der Waals surface area contributed by atoms with E-state index in [2.05, 4.69) is 374 Å². The number of aromatic nitrogens is 4. The van der Waals surface area contributed by atoms with Gasteiger partial charge in [-0.15, -0.1) is 0 Å². The van der Waals surface area contributed by atoms with E-state index in [-0.39, 0.29) is 10.8 Å². The lowest BCUT2D eigenvalue weighted by Crippen LogP contribution is -2.15. The van der Waals surface area contributed by atoms with E-state index in [4.69, 9.17) is 8.83 Å². The lowest BCUT2D eigenvalue weighted by atomic mass is 9.82. The van der Waals surface area contributed by atoms with Crippen LogP contribution in [0.5, 0.6) is 0 Å². The number of furan rings is 2. The fourth-order valence-corrected chi connectivity index (χ4v) is 19.7. The number of hydrogen-bond donors (Lipinski definition) is 0. The van der Waals surface area contributed by atoms with Gasteiger partial charge < -0.3 is 27.1 Å². The van der Waals surface area contributed by atoms with E-state index >= 15 is 0 Å². The van der Waals surface area contributed by atoms with Crippen molar-refractivity contribution >= 4 is 131 Å². The number of nitrogens with zero attached hydrogens (tertiary/aromatic N) is 4. The van der Waals surface area contributed by atoms with Gasteiger partial charge in [0.2, 0.25) is 0 Å². The fraction of sp³-hybridized carbons (Fsp3) is 0.0588. The summed E-state index contributed by atoms with van der Waals surface area (Å²) in [6, 6.07) is 122. The van der Waals surface area contributed by atoms with Gasteiger partial charge >= 0.3 is 0 Å². The number of hydrogen-bond acceptors (Lipinski definition) is 2. The summed E-state index contributed by atoms with van der Waals surface area (Å²) in [6.07, 6.45) is 0. The van der Waals surface area contributed by atoms with Crippen molar-refractivity contribution in [3.05, 3.63) is 350 Å². The van der Waals surface area contributed by atoms with E-state index in [1.165, 1.54) is 110 Å². The first-order valence-electron chi connectivity index (χ1n) is 37.6. The summed E-state index contributed by atoms with van der Waals surface area (Å²) in [5.41, 5.74) is 34.6. The summed E-state index contributed by atoms with van der Waals surface area (Å²) < 4.78 is 23.5.